The van der Waals surface area contributed by atoms with E-state index in [1.807, 2.05) is 0 Å². The zero-order valence-electron chi connectivity index (χ0n) is 15.0. The summed E-state index contributed by atoms with van der Waals surface area (Å²) in [6.45, 7) is -0.131. The Morgan fingerprint density at radius 3 is 2.52 bits per heavy atom. The van der Waals surface area contributed by atoms with Crippen molar-refractivity contribution < 1.29 is 35.9 Å². The van der Waals surface area contributed by atoms with E-state index in [0.717, 1.165) is 22.6 Å². The molecule has 3 rings (SSSR count). The summed E-state index contributed by atoms with van der Waals surface area (Å²) in [6, 6.07) is 5.71. The van der Waals surface area contributed by atoms with E-state index >= 15 is 0 Å². The first-order valence-corrected chi connectivity index (χ1v) is 9.64. The molecule has 8 nitrogen and oxygen atoms in total. The Bertz CT molecular complexity index is 1040. The number of methoxy groups -OCH3 is 1. The van der Waals surface area contributed by atoms with E-state index in [0.29, 0.717) is 0 Å². The molecule has 1 fully saturated rings. The second kappa shape index (κ2) is 7.52. The third-order valence-corrected chi connectivity index (χ3v) is 6.04. The Balaban J connectivity index is 1.71. The van der Waals surface area contributed by atoms with Gasteiger partial charge in [0.2, 0.25) is 10.0 Å². The van der Waals surface area contributed by atoms with E-state index in [1.165, 1.54) is 25.3 Å². The number of hydrogen-bond donors (Lipinski definition) is 1. The molecule has 1 saturated heterocycles. The summed E-state index contributed by atoms with van der Waals surface area (Å²) in [5.74, 6) is -0.767. The van der Waals surface area contributed by atoms with Crippen molar-refractivity contribution in [3.63, 3.8) is 0 Å². The van der Waals surface area contributed by atoms with E-state index in [1.54, 1.807) is 0 Å². The topological polar surface area (TPSA) is 112 Å². The highest BCUT2D eigenvalue weighted by Crippen LogP contribution is 2.31. The number of hydrogen-bond acceptors (Lipinski definition) is 6. The third kappa shape index (κ3) is 4.27. The molecule has 12 heteroatoms. The molecule has 1 aromatic carbocycles. The molecule has 0 atom stereocenters. The monoisotopic (exact) mass is 431 g/mol. The highest BCUT2D eigenvalue weighted by molar-refractivity contribution is 7.89. The number of amides is 1. The van der Waals surface area contributed by atoms with Crippen LogP contribution in [-0.2, 0) is 16.2 Å². The largest absolute Gasteiger partial charge is 0.496 e. The lowest BCUT2D eigenvalue weighted by atomic mass is 10.2. The highest BCUT2D eigenvalue weighted by atomic mass is 32.2. The van der Waals surface area contributed by atoms with Gasteiger partial charge in [-0.2, -0.15) is 17.5 Å². The molecular weight excluding hydrogens is 415 g/mol. The van der Waals surface area contributed by atoms with Crippen molar-refractivity contribution in [1.29, 1.82) is 0 Å². The lowest BCUT2D eigenvalue weighted by molar-refractivity contribution is -0.141. The predicted octanol–water partition coefficient (Wildman–Crippen LogP) is 1.66. The van der Waals surface area contributed by atoms with E-state index in [9.17, 15) is 26.4 Å². The molecule has 1 aromatic heterocycles. The molecule has 0 unspecified atom stereocenters. The van der Waals surface area contributed by atoms with Crippen molar-refractivity contribution in [2.75, 3.05) is 20.2 Å². The van der Waals surface area contributed by atoms with Crippen LogP contribution in [0.2, 0.25) is 0 Å². The highest BCUT2D eigenvalue weighted by Gasteiger charge is 2.39. The maximum atomic E-state index is 12.7. The number of sulfonamides is 1. The van der Waals surface area contributed by atoms with Gasteiger partial charge < -0.3 is 15.2 Å². The Morgan fingerprint density at radius 1 is 1.24 bits per heavy atom. The number of nitrogens with zero attached hydrogens (tertiary/aromatic N) is 2. The molecule has 2 heterocycles. The van der Waals surface area contributed by atoms with Crippen LogP contribution in [0.5, 0.6) is 11.5 Å². The van der Waals surface area contributed by atoms with Crippen LogP contribution in [0.4, 0.5) is 13.2 Å². The van der Waals surface area contributed by atoms with Gasteiger partial charge in [0.15, 0.2) is 0 Å². The molecule has 0 radical (unpaired) electrons. The van der Waals surface area contributed by atoms with Crippen molar-refractivity contribution in [3.05, 3.63) is 47.8 Å². The Labute approximate surface area is 164 Å². The van der Waals surface area contributed by atoms with Crippen molar-refractivity contribution in [3.8, 4) is 11.5 Å². The Morgan fingerprint density at radius 2 is 1.93 bits per heavy atom. The van der Waals surface area contributed by atoms with Gasteiger partial charge in [0.05, 0.1) is 30.7 Å². The van der Waals surface area contributed by atoms with Crippen LogP contribution in [0.1, 0.15) is 16.1 Å². The van der Waals surface area contributed by atoms with Crippen molar-refractivity contribution >= 4 is 15.9 Å². The number of carbonyl (C=O) groups is 1. The summed E-state index contributed by atoms with van der Waals surface area (Å²) < 4.78 is 75.0. The smallest absolute Gasteiger partial charge is 0.433 e. The van der Waals surface area contributed by atoms with Crippen LogP contribution >= 0.6 is 0 Å². The van der Waals surface area contributed by atoms with E-state index in [4.69, 9.17) is 15.2 Å². The number of pyridine rings is 1. The van der Waals surface area contributed by atoms with Gasteiger partial charge in [-0.25, -0.2) is 8.42 Å². The zero-order chi connectivity index (χ0) is 21.4. The molecule has 0 aliphatic carbocycles. The molecule has 2 N–H and O–H groups in total. The summed E-state index contributed by atoms with van der Waals surface area (Å²) in [5.41, 5.74) is 4.06. The minimum Gasteiger partial charge on any atom is -0.496 e. The van der Waals surface area contributed by atoms with Crippen LogP contribution in [0.15, 0.2) is 41.4 Å². The molecule has 1 amide bonds. The summed E-state index contributed by atoms with van der Waals surface area (Å²) in [4.78, 5) is 14.6. The van der Waals surface area contributed by atoms with Gasteiger partial charge in [-0.05, 0) is 24.3 Å². The lowest BCUT2D eigenvalue weighted by Gasteiger charge is -2.37. The first-order valence-electron chi connectivity index (χ1n) is 8.20. The third-order valence-electron chi connectivity index (χ3n) is 4.21. The number of benzene rings is 1. The minimum atomic E-state index is -4.61. The number of ether oxygens (including phenoxy) is 2. The maximum absolute atomic E-state index is 12.7. The molecule has 1 aliphatic heterocycles. The zero-order valence-corrected chi connectivity index (χ0v) is 15.8. The van der Waals surface area contributed by atoms with E-state index in [-0.39, 0.29) is 35.0 Å². The maximum Gasteiger partial charge on any atom is 0.433 e. The van der Waals surface area contributed by atoms with Gasteiger partial charge in [-0.3, -0.25) is 9.78 Å². The van der Waals surface area contributed by atoms with Crippen LogP contribution in [-0.4, -0.2) is 49.9 Å². The normalized spacial score (nSPS) is 15.6. The number of primary amides is 1. The van der Waals surface area contributed by atoms with Gasteiger partial charge in [0.25, 0.3) is 5.91 Å². The Hall–Kier alpha value is -2.86. The lowest BCUT2D eigenvalue weighted by Crippen LogP contribution is -2.55. The number of rotatable bonds is 6. The molecule has 0 bridgehead atoms. The minimum absolute atomic E-state index is 0.0603. The molecule has 29 heavy (non-hydrogen) atoms. The average molecular weight is 431 g/mol. The Kier molecular flexibility index (Phi) is 5.41. The van der Waals surface area contributed by atoms with E-state index < -0.39 is 33.9 Å². The number of carbonyl (C=O) groups excluding carboxylic acids is 1. The standard InChI is InChI=1S/C17H16F3N3O5S/c1-27-14-3-2-12(7-13(14)16(21)24)29(25,26)23-8-11(9-23)28-10-4-5-22-15(6-10)17(18,19)20/h2-7,11H,8-9H2,1H3,(H2,21,24). The molecule has 1 aliphatic rings. The van der Waals surface area contributed by atoms with Gasteiger partial charge >= 0.3 is 6.18 Å². The van der Waals surface area contributed by atoms with Crippen LogP contribution in [0.3, 0.4) is 0 Å². The molecule has 2 aromatic rings. The number of alkyl halides is 3. The van der Waals surface area contributed by atoms with Crippen molar-refractivity contribution in [2.45, 2.75) is 17.2 Å². The predicted molar refractivity (Wildman–Crippen MR) is 93.9 cm³/mol. The van der Waals surface area contributed by atoms with E-state index in [2.05, 4.69) is 4.98 Å². The van der Waals surface area contributed by atoms with Gasteiger partial charge in [0, 0.05) is 12.3 Å². The fraction of sp³-hybridized carbons (Fsp3) is 0.294. The second-order valence-electron chi connectivity index (χ2n) is 6.16. The van der Waals surface area contributed by atoms with Crippen molar-refractivity contribution in [2.24, 2.45) is 5.73 Å². The SMILES string of the molecule is COc1ccc(S(=O)(=O)N2CC(Oc3ccnc(C(F)(F)F)c3)C2)cc1C(N)=O. The van der Waals surface area contributed by atoms with Crippen LogP contribution in [0.25, 0.3) is 0 Å². The average Bonchev–Trinajstić information content (AvgIpc) is 2.63. The summed E-state index contributed by atoms with van der Waals surface area (Å²) >= 11 is 0. The van der Waals surface area contributed by atoms with Gasteiger partial charge in [-0.15, -0.1) is 0 Å². The molecule has 0 spiro atoms. The summed E-state index contributed by atoms with van der Waals surface area (Å²) in [6.07, 6.45) is -4.27. The van der Waals surface area contributed by atoms with Crippen molar-refractivity contribution in [1.82, 2.24) is 9.29 Å². The quantitative estimate of drug-likeness (QED) is 0.745. The van der Waals surface area contributed by atoms with Crippen LogP contribution < -0.4 is 15.2 Å². The first-order chi connectivity index (χ1) is 13.5. The molecular formula is C17H16F3N3O5S. The summed E-state index contributed by atoms with van der Waals surface area (Å²) in [5, 5.41) is 0. The van der Waals surface area contributed by atoms with Gasteiger partial charge in [-0.1, -0.05) is 0 Å². The first kappa shape index (κ1) is 20.9. The molecule has 156 valence electrons. The van der Waals surface area contributed by atoms with Gasteiger partial charge in [0.1, 0.15) is 23.3 Å². The summed E-state index contributed by atoms with van der Waals surface area (Å²) in [7, 11) is -2.63. The number of nitrogens with two attached hydrogens (primary N) is 1. The fourth-order valence-electron chi connectivity index (χ4n) is 2.69. The fourth-order valence-corrected chi connectivity index (χ4v) is 4.22. The second-order valence-corrected chi connectivity index (χ2v) is 8.10. The molecule has 0 saturated carbocycles. The number of aromatic nitrogens is 1. The van der Waals surface area contributed by atoms with Crippen LogP contribution in [0, 0.1) is 0 Å². The number of halogens is 3.